The normalized spacial score (nSPS) is 15.1. The molecule has 6 nitrogen and oxygen atoms in total. The largest absolute Gasteiger partial charge is 0.379 e. The van der Waals surface area contributed by atoms with Crippen molar-refractivity contribution < 1.29 is 9.53 Å². The zero-order chi connectivity index (χ0) is 20.5. The number of halogens is 1. The summed E-state index contributed by atoms with van der Waals surface area (Å²) in [4.78, 5) is 29.6. The molecule has 3 aromatic rings. The van der Waals surface area contributed by atoms with Crippen LogP contribution in [-0.2, 0) is 24.8 Å². The van der Waals surface area contributed by atoms with Crippen molar-refractivity contribution in [3.63, 3.8) is 0 Å². The van der Waals surface area contributed by atoms with E-state index in [-0.39, 0.29) is 11.0 Å². The number of ether oxygens (including phenoxy) is 1. The molecule has 152 valence electrons. The molecule has 1 amide bonds. The smallest absolute Gasteiger partial charge is 0.254 e. The van der Waals surface area contributed by atoms with Crippen LogP contribution < -0.4 is 11.2 Å². The molecule has 1 fully saturated rings. The van der Waals surface area contributed by atoms with Crippen LogP contribution in [0.1, 0.15) is 26.5 Å². The van der Waals surface area contributed by atoms with Gasteiger partial charge in [-0.2, -0.15) is 0 Å². The summed E-state index contributed by atoms with van der Waals surface area (Å²) in [5.74, 6) is -0.697. The first-order valence-corrected chi connectivity index (χ1v) is 10.6. The molecule has 0 bridgehead atoms. The van der Waals surface area contributed by atoms with Gasteiger partial charge in [-0.1, -0.05) is 23.7 Å². The molecule has 0 radical (unpaired) electrons. The zero-order valence-electron chi connectivity index (χ0n) is 16.1. The number of rotatable bonds is 5. The van der Waals surface area contributed by atoms with E-state index in [0.29, 0.717) is 22.5 Å². The standard InChI is InChI=1S/C21H22ClN3O3S/c1-24-17(10-13-2-4-14(22)5-3-13)18(20(23)27)19(26)16-11-15(29-21(16)24)12-25-6-8-28-9-7-25/h2-5,11H,6-10,12H2,1H3,(H2,23,27). The van der Waals surface area contributed by atoms with Gasteiger partial charge in [-0.25, -0.2) is 0 Å². The van der Waals surface area contributed by atoms with E-state index in [4.69, 9.17) is 22.1 Å². The summed E-state index contributed by atoms with van der Waals surface area (Å²) >= 11 is 7.56. The Bertz CT molecular complexity index is 1110. The molecule has 1 aliphatic rings. The van der Waals surface area contributed by atoms with Crippen molar-refractivity contribution in [3.05, 3.63) is 67.3 Å². The maximum atomic E-state index is 13.1. The van der Waals surface area contributed by atoms with Gasteiger partial charge < -0.3 is 15.0 Å². The predicted molar refractivity (Wildman–Crippen MR) is 116 cm³/mol. The number of morpholine rings is 1. The van der Waals surface area contributed by atoms with Gasteiger partial charge in [0.05, 0.1) is 18.6 Å². The van der Waals surface area contributed by atoms with E-state index in [1.807, 2.05) is 29.8 Å². The molecule has 0 aliphatic carbocycles. The molecule has 0 atom stereocenters. The number of hydrogen-bond donors (Lipinski definition) is 1. The van der Waals surface area contributed by atoms with E-state index >= 15 is 0 Å². The van der Waals surface area contributed by atoms with Gasteiger partial charge in [0.25, 0.3) is 5.91 Å². The van der Waals surface area contributed by atoms with Crippen molar-refractivity contribution in [3.8, 4) is 0 Å². The Morgan fingerprint density at radius 3 is 2.59 bits per heavy atom. The second-order valence-electron chi connectivity index (χ2n) is 7.20. The molecular formula is C21H22ClN3O3S. The van der Waals surface area contributed by atoms with Gasteiger partial charge in [0.1, 0.15) is 10.4 Å². The molecule has 1 aliphatic heterocycles. The Hall–Kier alpha value is -2.19. The van der Waals surface area contributed by atoms with Crippen molar-refractivity contribution in [2.45, 2.75) is 13.0 Å². The SMILES string of the molecule is Cn1c(Cc2ccc(Cl)cc2)c(C(N)=O)c(=O)c2cc(CN3CCOCC3)sc21. The quantitative estimate of drug-likeness (QED) is 0.673. The second kappa shape index (κ2) is 8.28. The first-order chi connectivity index (χ1) is 13.9. The summed E-state index contributed by atoms with van der Waals surface area (Å²) in [5.41, 5.74) is 6.96. The van der Waals surface area contributed by atoms with Gasteiger partial charge >= 0.3 is 0 Å². The number of aryl methyl sites for hydroxylation is 1. The highest BCUT2D eigenvalue weighted by molar-refractivity contribution is 7.18. The van der Waals surface area contributed by atoms with Crippen LogP contribution in [0, 0.1) is 0 Å². The monoisotopic (exact) mass is 431 g/mol. The number of amides is 1. The third-order valence-electron chi connectivity index (χ3n) is 5.25. The fraction of sp³-hybridized carbons (Fsp3) is 0.333. The summed E-state index contributed by atoms with van der Waals surface area (Å²) in [6.07, 6.45) is 0.424. The fourth-order valence-electron chi connectivity index (χ4n) is 3.71. The van der Waals surface area contributed by atoms with E-state index in [0.717, 1.165) is 48.1 Å². The highest BCUT2D eigenvalue weighted by Crippen LogP contribution is 2.27. The molecule has 1 saturated heterocycles. The third kappa shape index (κ3) is 4.09. The fourth-order valence-corrected chi connectivity index (χ4v) is 5.02. The van der Waals surface area contributed by atoms with Gasteiger partial charge in [-0.15, -0.1) is 11.3 Å². The highest BCUT2D eigenvalue weighted by atomic mass is 35.5. The number of primary amides is 1. The topological polar surface area (TPSA) is 77.6 Å². The number of carbonyl (C=O) groups excluding carboxylic acids is 1. The van der Waals surface area contributed by atoms with Crippen LogP contribution in [0.2, 0.25) is 5.02 Å². The lowest BCUT2D eigenvalue weighted by molar-refractivity contribution is 0.0346. The summed E-state index contributed by atoms with van der Waals surface area (Å²) in [6.45, 7) is 3.96. The van der Waals surface area contributed by atoms with Crippen LogP contribution in [0.4, 0.5) is 0 Å². The molecule has 0 unspecified atom stereocenters. The number of benzene rings is 1. The molecular weight excluding hydrogens is 410 g/mol. The predicted octanol–water partition coefficient (Wildman–Crippen LogP) is 2.78. The van der Waals surface area contributed by atoms with E-state index < -0.39 is 5.91 Å². The van der Waals surface area contributed by atoms with Crippen molar-refractivity contribution in [2.24, 2.45) is 12.8 Å². The lowest BCUT2D eigenvalue weighted by Gasteiger charge is -2.25. The van der Waals surface area contributed by atoms with Crippen molar-refractivity contribution in [1.29, 1.82) is 0 Å². The van der Waals surface area contributed by atoms with Crippen LogP contribution in [0.15, 0.2) is 35.1 Å². The Morgan fingerprint density at radius 1 is 1.24 bits per heavy atom. The molecule has 3 heterocycles. The first kappa shape index (κ1) is 20.1. The molecule has 4 rings (SSSR count). The molecule has 29 heavy (non-hydrogen) atoms. The minimum Gasteiger partial charge on any atom is -0.379 e. The number of nitrogens with zero attached hydrogens (tertiary/aromatic N) is 2. The van der Waals surface area contributed by atoms with Gasteiger partial charge in [0.15, 0.2) is 0 Å². The Balaban J connectivity index is 1.78. The third-order valence-corrected chi connectivity index (χ3v) is 6.70. The van der Waals surface area contributed by atoms with Crippen LogP contribution in [0.3, 0.4) is 0 Å². The van der Waals surface area contributed by atoms with Gasteiger partial charge in [0, 0.05) is 48.7 Å². The maximum absolute atomic E-state index is 13.1. The van der Waals surface area contributed by atoms with Crippen molar-refractivity contribution in [1.82, 2.24) is 9.47 Å². The number of carbonyl (C=O) groups is 1. The maximum Gasteiger partial charge on any atom is 0.254 e. The lowest BCUT2D eigenvalue weighted by Crippen LogP contribution is -2.35. The van der Waals surface area contributed by atoms with E-state index in [1.54, 1.807) is 23.5 Å². The number of nitrogens with two attached hydrogens (primary N) is 1. The average molecular weight is 432 g/mol. The number of aromatic nitrogens is 1. The van der Waals surface area contributed by atoms with Gasteiger partial charge in [-0.3, -0.25) is 14.5 Å². The molecule has 2 N–H and O–H groups in total. The van der Waals surface area contributed by atoms with Crippen LogP contribution >= 0.6 is 22.9 Å². The Labute approximate surface area is 177 Å². The highest BCUT2D eigenvalue weighted by Gasteiger charge is 2.22. The number of pyridine rings is 1. The minimum atomic E-state index is -0.697. The molecule has 2 aromatic heterocycles. The van der Waals surface area contributed by atoms with E-state index in [9.17, 15) is 9.59 Å². The van der Waals surface area contributed by atoms with Gasteiger partial charge in [-0.05, 0) is 23.8 Å². The summed E-state index contributed by atoms with van der Waals surface area (Å²) in [5, 5.41) is 1.19. The zero-order valence-corrected chi connectivity index (χ0v) is 17.7. The van der Waals surface area contributed by atoms with Crippen LogP contribution in [0.5, 0.6) is 0 Å². The summed E-state index contributed by atoms with van der Waals surface area (Å²) in [7, 11) is 1.88. The Kier molecular flexibility index (Phi) is 5.74. The number of thiophene rings is 1. The van der Waals surface area contributed by atoms with Crippen LogP contribution in [0.25, 0.3) is 10.2 Å². The molecule has 0 spiro atoms. The Morgan fingerprint density at radius 2 is 1.93 bits per heavy atom. The summed E-state index contributed by atoms with van der Waals surface area (Å²) in [6, 6.07) is 9.27. The van der Waals surface area contributed by atoms with Gasteiger partial charge in [0.2, 0.25) is 5.43 Å². The first-order valence-electron chi connectivity index (χ1n) is 9.42. The molecule has 1 aromatic carbocycles. The van der Waals surface area contributed by atoms with E-state index in [1.165, 1.54) is 0 Å². The van der Waals surface area contributed by atoms with E-state index in [2.05, 4.69) is 4.90 Å². The number of fused-ring (bicyclic) bond motifs is 1. The molecule has 8 heteroatoms. The van der Waals surface area contributed by atoms with Crippen molar-refractivity contribution >= 4 is 39.1 Å². The number of hydrogen-bond acceptors (Lipinski definition) is 5. The lowest BCUT2D eigenvalue weighted by atomic mass is 10.0. The minimum absolute atomic E-state index is 0.0608. The molecule has 0 saturated carbocycles. The average Bonchev–Trinajstić information content (AvgIpc) is 3.12. The summed E-state index contributed by atoms with van der Waals surface area (Å²) < 4.78 is 7.33. The van der Waals surface area contributed by atoms with Crippen molar-refractivity contribution in [2.75, 3.05) is 26.3 Å². The van der Waals surface area contributed by atoms with Crippen LogP contribution in [-0.4, -0.2) is 41.7 Å². The second-order valence-corrected chi connectivity index (χ2v) is 8.75.